The molecule has 0 saturated carbocycles. The van der Waals surface area contributed by atoms with Crippen LogP contribution in [0.5, 0.6) is 0 Å². The predicted molar refractivity (Wildman–Crippen MR) is 80.0 cm³/mol. The van der Waals surface area contributed by atoms with Crippen LogP contribution in [0.4, 0.5) is 4.39 Å². The lowest BCUT2D eigenvalue weighted by Crippen LogP contribution is -2.05. The first-order valence-corrected chi connectivity index (χ1v) is 6.75. The summed E-state index contributed by atoms with van der Waals surface area (Å²) in [6.07, 6.45) is 0.860. The maximum Gasteiger partial charge on any atom is 0.131 e. The molecule has 0 aliphatic heterocycles. The van der Waals surface area contributed by atoms with Gasteiger partial charge in [0.2, 0.25) is 0 Å². The summed E-state index contributed by atoms with van der Waals surface area (Å²) in [5, 5.41) is 0. The predicted octanol–water partition coefficient (Wildman–Crippen LogP) is 3.70. The summed E-state index contributed by atoms with van der Waals surface area (Å²) < 4.78 is 19.0. The number of halogens is 1. The van der Waals surface area contributed by atoms with Gasteiger partial charge in [-0.15, -0.1) is 0 Å². The fourth-order valence-electron chi connectivity index (χ4n) is 2.12. The Morgan fingerprint density at radius 2 is 1.85 bits per heavy atom. The van der Waals surface area contributed by atoms with E-state index < -0.39 is 0 Å². The summed E-state index contributed by atoms with van der Waals surface area (Å²) >= 11 is 0. The molecule has 0 saturated heterocycles. The maximum absolute atomic E-state index is 14.0. The van der Waals surface area contributed by atoms with Crippen LogP contribution in [-0.2, 0) is 11.2 Å². The normalized spacial score (nSPS) is 12.4. The molecule has 2 aromatic rings. The molecule has 0 bridgehead atoms. The van der Waals surface area contributed by atoms with Crippen molar-refractivity contribution in [1.82, 2.24) is 0 Å². The molecule has 0 aliphatic rings. The fourth-order valence-corrected chi connectivity index (χ4v) is 2.12. The molecule has 2 rings (SSSR count). The van der Waals surface area contributed by atoms with E-state index >= 15 is 0 Å². The molecule has 1 atom stereocenters. The third kappa shape index (κ3) is 3.44. The molecule has 3 heteroatoms. The number of hydrogen-bond acceptors (Lipinski definition) is 2. The highest BCUT2D eigenvalue weighted by Gasteiger charge is 2.08. The smallest absolute Gasteiger partial charge is 0.131 e. The lowest BCUT2D eigenvalue weighted by atomic mass is 9.98. The van der Waals surface area contributed by atoms with Crippen molar-refractivity contribution in [3.63, 3.8) is 0 Å². The van der Waals surface area contributed by atoms with Crippen LogP contribution >= 0.6 is 0 Å². The largest absolute Gasteiger partial charge is 0.384 e. The van der Waals surface area contributed by atoms with Crippen molar-refractivity contribution in [3.8, 4) is 11.1 Å². The van der Waals surface area contributed by atoms with Crippen LogP contribution in [0.15, 0.2) is 42.5 Å². The number of methoxy groups -OCH3 is 1. The monoisotopic (exact) mass is 273 g/mol. The van der Waals surface area contributed by atoms with E-state index in [-0.39, 0.29) is 11.9 Å². The van der Waals surface area contributed by atoms with Gasteiger partial charge in [0.15, 0.2) is 0 Å². The summed E-state index contributed by atoms with van der Waals surface area (Å²) in [5.41, 5.74) is 9.43. The summed E-state index contributed by atoms with van der Waals surface area (Å²) in [6.45, 7) is 2.58. The molecule has 2 nitrogen and oxygen atoms in total. The quantitative estimate of drug-likeness (QED) is 0.901. The molecule has 0 aromatic heterocycles. The van der Waals surface area contributed by atoms with Crippen LogP contribution in [0.1, 0.15) is 24.1 Å². The van der Waals surface area contributed by atoms with E-state index in [1.165, 1.54) is 11.6 Å². The van der Waals surface area contributed by atoms with Crippen molar-refractivity contribution in [2.75, 3.05) is 13.7 Å². The second-order valence-electron chi connectivity index (χ2n) is 4.97. The Kier molecular flexibility index (Phi) is 4.88. The zero-order valence-corrected chi connectivity index (χ0v) is 11.9. The summed E-state index contributed by atoms with van der Waals surface area (Å²) in [4.78, 5) is 0. The van der Waals surface area contributed by atoms with Crippen molar-refractivity contribution >= 4 is 0 Å². The van der Waals surface area contributed by atoms with Gasteiger partial charge in [-0.3, -0.25) is 0 Å². The zero-order chi connectivity index (χ0) is 14.5. The molecule has 0 aliphatic carbocycles. The third-order valence-corrected chi connectivity index (χ3v) is 3.38. The minimum absolute atomic E-state index is 0.102. The van der Waals surface area contributed by atoms with Crippen LogP contribution in [0.25, 0.3) is 11.1 Å². The lowest BCUT2D eigenvalue weighted by molar-refractivity contribution is 0.202. The second-order valence-corrected chi connectivity index (χ2v) is 4.97. The highest BCUT2D eigenvalue weighted by Crippen LogP contribution is 2.26. The fraction of sp³-hybridized carbons (Fsp3) is 0.294. The van der Waals surface area contributed by atoms with E-state index in [1.807, 2.05) is 37.3 Å². The van der Waals surface area contributed by atoms with Crippen LogP contribution in [0.2, 0.25) is 0 Å². The van der Waals surface area contributed by atoms with E-state index in [2.05, 4.69) is 0 Å². The highest BCUT2D eigenvalue weighted by molar-refractivity contribution is 5.65. The lowest BCUT2D eigenvalue weighted by Gasteiger charge is -2.10. The minimum atomic E-state index is -0.223. The average Bonchev–Trinajstić information content (AvgIpc) is 2.46. The van der Waals surface area contributed by atoms with Gasteiger partial charge in [-0.25, -0.2) is 4.39 Å². The molecule has 20 heavy (non-hydrogen) atoms. The van der Waals surface area contributed by atoms with Crippen LogP contribution in [0.3, 0.4) is 0 Å². The first-order valence-electron chi connectivity index (χ1n) is 6.75. The Hall–Kier alpha value is -1.71. The van der Waals surface area contributed by atoms with Crippen molar-refractivity contribution in [1.29, 1.82) is 0 Å². The van der Waals surface area contributed by atoms with Crippen molar-refractivity contribution in [3.05, 3.63) is 59.4 Å². The first kappa shape index (κ1) is 14.7. The van der Waals surface area contributed by atoms with Crippen molar-refractivity contribution < 1.29 is 9.13 Å². The molecule has 0 radical (unpaired) electrons. The number of hydrogen-bond donors (Lipinski definition) is 1. The van der Waals surface area contributed by atoms with E-state index in [0.717, 1.165) is 17.5 Å². The Labute approximate surface area is 119 Å². The molecule has 0 heterocycles. The number of benzene rings is 2. The Morgan fingerprint density at radius 1 is 1.15 bits per heavy atom. The third-order valence-electron chi connectivity index (χ3n) is 3.38. The highest BCUT2D eigenvalue weighted by atomic mass is 19.1. The number of nitrogens with two attached hydrogens (primary N) is 1. The molecule has 2 aromatic carbocycles. The first-order chi connectivity index (χ1) is 9.61. The van der Waals surface area contributed by atoms with Gasteiger partial charge in [0.1, 0.15) is 5.82 Å². The van der Waals surface area contributed by atoms with Gasteiger partial charge in [0.05, 0.1) is 6.61 Å². The Morgan fingerprint density at radius 3 is 2.45 bits per heavy atom. The van der Waals surface area contributed by atoms with E-state index in [1.54, 1.807) is 13.2 Å². The molecule has 0 amide bonds. The zero-order valence-electron chi connectivity index (χ0n) is 11.9. The molecular weight excluding hydrogens is 253 g/mol. The SMILES string of the molecule is COCCc1ccc(-c2cc(C(C)N)ccc2F)cc1. The van der Waals surface area contributed by atoms with Crippen LogP contribution in [-0.4, -0.2) is 13.7 Å². The van der Waals surface area contributed by atoms with E-state index in [0.29, 0.717) is 12.2 Å². The van der Waals surface area contributed by atoms with Gasteiger partial charge in [0, 0.05) is 18.7 Å². The summed E-state index contributed by atoms with van der Waals surface area (Å²) in [5.74, 6) is -0.223. The van der Waals surface area contributed by atoms with Gasteiger partial charge in [0.25, 0.3) is 0 Å². The molecular formula is C17H20FNO. The maximum atomic E-state index is 14.0. The molecule has 106 valence electrons. The summed E-state index contributed by atoms with van der Waals surface area (Å²) in [7, 11) is 1.68. The van der Waals surface area contributed by atoms with Gasteiger partial charge in [-0.05, 0) is 42.2 Å². The second kappa shape index (κ2) is 6.64. The van der Waals surface area contributed by atoms with Crippen LogP contribution < -0.4 is 5.73 Å². The summed E-state index contributed by atoms with van der Waals surface area (Å²) in [6, 6.07) is 12.8. The average molecular weight is 273 g/mol. The Balaban J connectivity index is 2.29. The van der Waals surface area contributed by atoms with Crippen molar-refractivity contribution in [2.24, 2.45) is 5.73 Å². The standard InChI is InChI=1S/C17H20FNO/c1-12(19)15-7-8-17(18)16(11-15)14-5-3-13(4-6-14)9-10-20-2/h3-8,11-12H,9-10,19H2,1-2H3. The topological polar surface area (TPSA) is 35.2 Å². The van der Waals surface area contributed by atoms with Crippen LogP contribution in [0, 0.1) is 5.82 Å². The van der Waals surface area contributed by atoms with Gasteiger partial charge < -0.3 is 10.5 Å². The molecule has 0 spiro atoms. The van der Waals surface area contributed by atoms with Gasteiger partial charge >= 0.3 is 0 Å². The van der Waals surface area contributed by atoms with E-state index in [4.69, 9.17) is 10.5 Å². The van der Waals surface area contributed by atoms with E-state index in [9.17, 15) is 4.39 Å². The molecule has 1 unspecified atom stereocenters. The number of rotatable bonds is 5. The minimum Gasteiger partial charge on any atom is -0.384 e. The van der Waals surface area contributed by atoms with Crippen molar-refractivity contribution in [2.45, 2.75) is 19.4 Å². The Bertz CT molecular complexity index is 564. The van der Waals surface area contributed by atoms with Gasteiger partial charge in [-0.1, -0.05) is 30.3 Å². The number of ether oxygens (including phenoxy) is 1. The molecule has 2 N–H and O–H groups in total. The van der Waals surface area contributed by atoms with Gasteiger partial charge in [-0.2, -0.15) is 0 Å². The molecule has 0 fully saturated rings.